The van der Waals surface area contributed by atoms with Gasteiger partial charge in [-0.25, -0.2) is 0 Å². The normalized spacial score (nSPS) is 18.6. The van der Waals surface area contributed by atoms with Crippen molar-refractivity contribution in [1.29, 1.82) is 0 Å². The van der Waals surface area contributed by atoms with Crippen LogP contribution in [0.2, 0.25) is 0 Å². The average Bonchev–Trinajstić information content (AvgIpc) is 2.63. The largest absolute Gasteiger partial charge is 0.379 e. The molecule has 2 aliphatic heterocycles. The molecule has 2 heterocycles. The van der Waals surface area contributed by atoms with Crippen LogP contribution >= 0.6 is 0 Å². The molecule has 1 aromatic rings. The van der Waals surface area contributed by atoms with E-state index in [1.165, 1.54) is 56.6 Å². The van der Waals surface area contributed by atoms with Gasteiger partial charge in [0, 0.05) is 38.4 Å². The molecule has 0 saturated carbocycles. The van der Waals surface area contributed by atoms with Crippen molar-refractivity contribution in [2.75, 3.05) is 57.4 Å². The number of anilines is 1. The van der Waals surface area contributed by atoms with Gasteiger partial charge in [0.25, 0.3) is 0 Å². The average molecular weight is 332 g/mol. The van der Waals surface area contributed by atoms with Gasteiger partial charge >= 0.3 is 0 Å². The molecule has 24 heavy (non-hydrogen) atoms. The number of rotatable bonds is 8. The van der Waals surface area contributed by atoms with E-state index in [1.54, 1.807) is 5.56 Å². The van der Waals surface area contributed by atoms with Gasteiger partial charge in [0.15, 0.2) is 0 Å². The van der Waals surface area contributed by atoms with Crippen LogP contribution in [0.3, 0.4) is 0 Å². The van der Waals surface area contributed by atoms with E-state index in [0.29, 0.717) is 0 Å². The van der Waals surface area contributed by atoms with Crippen LogP contribution in [0, 0.1) is 0 Å². The second-order valence-electron chi connectivity index (χ2n) is 7.04. The Morgan fingerprint density at radius 1 is 1.12 bits per heavy atom. The van der Waals surface area contributed by atoms with Crippen LogP contribution in [0.4, 0.5) is 5.69 Å². The Morgan fingerprint density at radius 3 is 2.83 bits per heavy atom. The molecule has 0 aromatic heterocycles. The third-order valence-corrected chi connectivity index (χ3v) is 5.11. The van der Waals surface area contributed by atoms with E-state index in [4.69, 9.17) is 4.74 Å². The Labute approximate surface area is 147 Å². The first kappa shape index (κ1) is 17.7. The molecule has 1 N–H and O–H groups in total. The SMILES string of the molecule is CCCN1CCCc2cc(CNCCCN3CCOCC3)ccc21. The Hall–Kier alpha value is -1.10. The van der Waals surface area contributed by atoms with E-state index in [1.807, 2.05) is 0 Å². The highest BCUT2D eigenvalue weighted by atomic mass is 16.5. The van der Waals surface area contributed by atoms with Crippen LogP contribution in [0.25, 0.3) is 0 Å². The summed E-state index contributed by atoms with van der Waals surface area (Å²) in [5.41, 5.74) is 4.44. The highest BCUT2D eigenvalue weighted by Gasteiger charge is 2.16. The predicted octanol–water partition coefficient (Wildman–Crippen LogP) is 2.66. The number of morpholine rings is 1. The number of ether oxygens (including phenoxy) is 1. The van der Waals surface area contributed by atoms with Crippen molar-refractivity contribution < 1.29 is 4.74 Å². The number of benzene rings is 1. The molecule has 0 aliphatic carbocycles. The molecular weight excluding hydrogens is 298 g/mol. The van der Waals surface area contributed by atoms with Crippen molar-refractivity contribution in [2.24, 2.45) is 0 Å². The van der Waals surface area contributed by atoms with Crippen LogP contribution in [-0.2, 0) is 17.7 Å². The van der Waals surface area contributed by atoms with Crippen LogP contribution < -0.4 is 10.2 Å². The van der Waals surface area contributed by atoms with Crippen molar-refractivity contribution in [3.05, 3.63) is 29.3 Å². The van der Waals surface area contributed by atoms with Gasteiger partial charge in [0.05, 0.1) is 13.2 Å². The fourth-order valence-corrected chi connectivity index (χ4v) is 3.83. The summed E-state index contributed by atoms with van der Waals surface area (Å²) in [6.07, 6.45) is 4.98. The van der Waals surface area contributed by atoms with Crippen molar-refractivity contribution in [1.82, 2.24) is 10.2 Å². The molecule has 0 spiro atoms. The number of hydrogen-bond donors (Lipinski definition) is 1. The summed E-state index contributed by atoms with van der Waals surface area (Å²) in [5.74, 6) is 0. The van der Waals surface area contributed by atoms with Gasteiger partial charge in [-0.3, -0.25) is 4.90 Å². The third kappa shape index (κ3) is 4.95. The highest BCUT2D eigenvalue weighted by Crippen LogP contribution is 2.28. The van der Waals surface area contributed by atoms with E-state index in [0.717, 1.165) is 39.4 Å². The van der Waals surface area contributed by atoms with Crippen molar-refractivity contribution in [2.45, 2.75) is 39.2 Å². The molecule has 0 atom stereocenters. The fraction of sp³-hybridized carbons (Fsp3) is 0.700. The molecule has 1 aromatic carbocycles. The fourth-order valence-electron chi connectivity index (χ4n) is 3.83. The van der Waals surface area contributed by atoms with Gasteiger partial charge in [0.1, 0.15) is 0 Å². The summed E-state index contributed by atoms with van der Waals surface area (Å²) in [6, 6.07) is 7.07. The minimum Gasteiger partial charge on any atom is -0.379 e. The van der Waals surface area contributed by atoms with Crippen LogP contribution in [-0.4, -0.2) is 57.4 Å². The highest BCUT2D eigenvalue weighted by molar-refractivity contribution is 5.56. The van der Waals surface area contributed by atoms with Crippen molar-refractivity contribution in [3.8, 4) is 0 Å². The first-order valence-corrected chi connectivity index (χ1v) is 9.74. The summed E-state index contributed by atoms with van der Waals surface area (Å²) < 4.78 is 5.39. The predicted molar refractivity (Wildman–Crippen MR) is 101 cm³/mol. The Morgan fingerprint density at radius 2 is 2.00 bits per heavy atom. The monoisotopic (exact) mass is 331 g/mol. The quantitative estimate of drug-likeness (QED) is 0.741. The lowest BCUT2D eigenvalue weighted by atomic mass is 9.99. The lowest BCUT2D eigenvalue weighted by Gasteiger charge is -2.31. The molecule has 0 bridgehead atoms. The summed E-state index contributed by atoms with van der Waals surface area (Å²) in [4.78, 5) is 5.06. The summed E-state index contributed by atoms with van der Waals surface area (Å²) >= 11 is 0. The van der Waals surface area contributed by atoms with E-state index in [2.05, 4.69) is 40.2 Å². The standard InChI is InChI=1S/C20H33N3O/c1-2-9-23-11-3-5-19-16-18(6-7-20(19)23)17-21-8-4-10-22-12-14-24-15-13-22/h6-7,16,21H,2-5,8-15,17H2,1H3. The second kappa shape index (κ2) is 9.40. The summed E-state index contributed by atoms with van der Waals surface area (Å²) in [5, 5.41) is 3.61. The molecule has 0 amide bonds. The zero-order valence-electron chi connectivity index (χ0n) is 15.2. The Bertz CT molecular complexity index is 500. The molecule has 4 heteroatoms. The summed E-state index contributed by atoms with van der Waals surface area (Å²) in [6.45, 7) is 11.9. The second-order valence-corrected chi connectivity index (χ2v) is 7.04. The smallest absolute Gasteiger partial charge is 0.0594 e. The maximum Gasteiger partial charge on any atom is 0.0594 e. The van der Waals surface area contributed by atoms with Gasteiger partial charge in [-0.1, -0.05) is 19.1 Å². The molecule has 0 unspecified atom stereocenters. The minimum atomic E-state index is 0.900. The number of nitrogens with one attached hydrogen (secondary N) is 1. The van der Waals surface area contributed by atoms with Crippen molar-refractivity contribution in [3.63, 3.8) is 0 Å². The molecule has 2 aliphatic rings. The number of fused-ring (bicyclic) bond motifs is 1. The van der Waals surface area contributed by atoms with E-state index >= 15 is 0 Å². The third-order valence-electron chi connectivity index (χ3n) is 5.11. The first-order chi connectivity index (χ1) is 11.9. The van der Waals surface area contributed by atoms with E-state index in [9.17, 15) is 0 Å². The zero-order valence-corrected chi connectivity index (χ0v) is 15.2. The first-order valence-electron chi connectivity index (χ1n) is 9.74. The Kier molecular flexibility index (Phi) is 6.94. The van der Waals surface area contributed by atoms with Gasteiger partial charge in [-0.2, -0.15) is 0 Å². The Balaban J connectivity index is 1.41. The van der Waals surface area contributed by atoms with E-state index < -0.39 is 0 Å². The topological polar surface area (TPSA) is 27.7 Å². The zero-order chi connectivity index (χ0) is 16.6. The van der Waals surface area contributed by atoms with Gasteiger partial charge in [0.2, 0.25) is 0 Å². The van der Waals surface area contributed by atoms with Crippen LogP contribution in [0.15, 0.2) is 18.2 Å². The van der Waals surface area contributed by atoms with E-state index in [-0.39, 0.29) is 0 Å². The van der Waals surface area contributed by atoms with Crippen molar-refractivity contribution >= 4 is 5.69 Å². The molecule has 1 fully saturated rings. The molecule has 3 rings (SSSR count). The maximum atomic E-state index is 5.39. The summed E-state index contributed by atoms with van der Waals surface area (Å²) in [7, 11) is 0. The molecule has 134 valence electrons. The van der Waals surface area contributed by atoms with Crippen LogP contribution in [0.1, 0.15) is 37.3 Å². The molecule has 0 radical (unpaired) electrons. The number of aryl methyl sites for hydroxylation is 1. The number of nitrogens with zero attached hydrogens (tertiary/aromatic N) is 2. The minimum absolute atomic E-state index is 0.900. The maximum absolute atomic E-state index is 5.39. The molecule has 4 nitrogen and oxygen atoms in total. The van der Waals surface area contributed by atoms with Gasteiger partial charge < -0.3 is 15.0 Å². The number of hydrogen-bond acceptors (Lipinski definition) is 4. The van der Waals surface area contributed by atoms with Gasteiger partial charge in [-0.05, 0) is 56.0 Å². The lowest BCUT2D eigenvalue weighted by molar-refractivity contribution is 0.0374. The van der Waals surface area contributed by atoms with Crippen LogP contribution in [0.5, 0.6) is 0 Å². The molecule has 1 saturated heterocycles. The lowest BCUT2D eigenvalue weighted by Crippen LogP contribution is -2.37. The van der Waals surface area contributed by atoms with Gasteiger partial charge in [-0.15, -0.1) is 0 Å². The molecular formula is C20H33N3O.